The van der Waals surface area contributed by atoms with Crippen LogP contribution < -0.4 is 5.32 Å². The Labute approximate surface area is 183 Å². The van der Waals surface area contributed by atoms with Crippen molar-refractivity contribution in [2.24, 2.45) is 5.92 Å². The first-order valence-electron chi connectivity index (χ1n) is 9.88. The molecule has 0 bridgehead atoms. The van der Waals surface area contributed by atoms with Gasteiger partial charge in [-0.05, 0) is 55.4 Å². The van der Waals surface area contributed by atoms with Crippen molar-refractivity contribution in [2.45, 2.75) is 25.8 Å². The van der Waals surface area contributed by atoms with Gasteiger partial charge in [-0.25, -0.2) is 0 Å². The Morgan fingerprint density at radius 2 is 2.07 bits per heavy atom. The van der Waals surface area contributed by atoms with Crippen molar-refractivity contribution in [3.8, 4) is 11.3 Å². The Kier molecular flexibility index (Phi) is 6.47. The number of nitrogens with zero attached hydrogens (tertiary/aromatic N) is 2. The molecular weight excluding hydrogens is 450 g/mol. The lowest BCUT2D eigenvalue weighted by Crippen LogP contribution is -2.41. The van der Waals surface area contributed by atoms with Gasteiger partial charge < -0.3 is 9.84 Å². The van der Waals surface area contributed by atoms with E-state index in [1.54, 1.807) is 17.4 Å². The Hall–Kier alpha value is -1.96. The summed E-state index contributed by atoms with van der Waals surface area (Å²) in [7, 11) is 0. The predicted octanol–water partition coefficient (Wildman–Crippen LogP) is 5.37. The van der Waals surface area contributed by atoms with E-state index in [0.29, 0.717) is 18.0 Å². The molecule has 7 heteroatoms. The zero-order chi connectivity index (χ0) is 20.2. The molecule has 1 saturated heterocycles. The van der Waals surface area contributed by atoms with Crippen LogP contribution in [0.3, 0.4) is 0 Å². The van der Waals surface area contributed by atoms with Gasteiger partial charge in [-0.2, -0.15) is 0 Å². The number of amides is 1. The molecule has 3 heterocycles. The molecule has 0 spiro atoms. The molecule has 1 N–H and O–H groups in total. The number of aromatic nitrogens is 1. The maximum atomic E-state index is 12.7. The van der Waals surface area contributed by atoms with Gasteiger partial charge in [-0.1, -0.05) is 46.2 Å². The van der Waals surface area contributed by atoms with Crippen molar-refractivity contribution < 1.29 is 9.32 Å². The van der Waals surface area contributed by atoms with Gasteiger partial charge in [0.15, 0.2) is 11.5 Å². The van der Waals surface area contributed by atoms with E-state index in [2.05, 4.69) is 55.7 Å². The number of hydrogen-bond acceptors (Lipinski definition) is 5. The monoisotopic (exact) mass is 473 g/mol. The second-order valence-electron chi connectivity index (χ2n) is 7.54. The molecule has 29 heavy (non-hydrogen) atoms. The number of carbonyl (C=O) groups is 1. The van der Waals surface area contributed by atoms with Crippen molar-refractivity contribution in [2.75, 3.05) is 19.6 Å². The molecule has 1 unspecified atom stereocenters. The number of benzene rings is 1. The molecule has 4 rings (SSSR count). The molecule has 1 atom stereocenters. The third-order valence-corrected chi connectivity index (χ3v) is 6.96. The maximum Gasteiger partial charge on any atom is 0.273 e. The van der Waals surface area contributed by atoms with Gasteiger partial charge >= 0.3 is 0 Å². The smallest absolute Gasteiger partial charge is 0.273 e. The average molecular weight is 474 g/mol. The second-order valence-corrected chi connectivity index (χ2v) is 9.44. The van der Waals surface area contributed by atoms with E-state index in [4.69, 9.17) is 4.52 Å². The number of nitrogens with one attached hydrogen (secondary N) is 1. The van der Waals surface area contributed by atoms with Crippen LogP contribution in [0.25, 0.3) is 11.3 Å². The summed E-state index contributed by atoms with van der Waals surface area (Å²) in [5.41, 5.74) is 1.19. The van der Waals surface area contributed by atoms with Crippen LogP contribution in [-0.4, -0.2) is 35.6 Å². The first-order chi connectivity index (χ1) is 14.1. The van der Waals surface area contributed by atoms with Crippen LogP contribution in [-0.2, 0) is 0 Å². The molecule has 1 aromatic carbocycles. The molecule has 152 valence electrons. The fraction of sp³-hybridized carbons (Fsp3) is 0.364. The van der Waals surface area contributed by atoms with E-state index in [1.165, 1.54) is 17.7 Å². The van der Waals surface area contributed by atoms with E-state index in [1.807, 2.05) is 24.3 Å². The zero-order valence-corrected chi connectivity index (χ0v) is 18.7. The van der Waals surface area contributed by atoms with Gasteiger partial charge in [-0.3, -0.25) is 9.69 Å². The van der Waals surface area contributed by atoms with Gasteiger partial charge in [0.2, 0.25) is 0 Å². The summed E-state index contributed by atoms with van der Waals surface area (Å²) >= 11 is 5.16. The molecule has 0 radical (unpaired) electrons. The fourth-order valence-electron chi connectivity index (χ4n) is 3.64. The minimum absolute atomic E-state index is 0.198. The molecule has 1 aliphatic rings. The largest absolute Gasteiger partial charge is 0.355 e. The summed E-state index contributed by atoms with van der Waals surface area (Å²) in [5.74, 6) is 1.16. The van der Waals surface area contributed by atoms with Crippen molar-refractivity contribution >= 4 is 33.2 Å². The van der Waals surface area contributed by atoms with Crippen molar-refractivity contribution in [3.05, 3.63) is 62.9 Å². The topological polar surface area (TPSA) is 58.4 Å². The summed E-state index contributed by atoms with van der Waals surface area (Å²) in [6, 6.07) is 13.8. The molecule has 1 aliphatic heterocycles. The normalized spacial score (nSPS) is 16.6. The number of hydrogen-bond donors (Lipinski definition) is 1. The van der Waals surface area contributed by atoms with Crippen molar-refractivity contribution in [1.29, 1.82) is 0 Å². The van der Waals surface area contributed by atoms with Crippen molar-refractivity contribution in [3.63, 3.8) is 0 Å². The summed E-state index contributed by atoms with van der Waals surface area (Å²) < 4.78 is 6.38. The first-order valence-corrected chi connectivity index (χ1v) is 11.6. The van der Waals surface area contributed by atoms with Crippen LogP contribution in [0.2, 0.25) is 0 Å². The number of thiophene rings is 1. The number of piperidine rings is 1. The number of halogens is 1. The number of rotatable bonds is 6. The highest BCUT2D eigenvalue weighted by Gasteiger charge is 2.26. The van der Waals surface area contributed by atoms with Crippen LogP contribution >= 0.6 is 27.3 Å². The Bertz CT molecular complexity index is 931. The summed E-state index contributed by atoms with van der Waals surface area (Å²) in [6.45, 7) is 5.01. The van der Waals surface area contributed by atoms with Crippen LogP contribution in [0.4, 0.5) is 0 Å². The molecular formula is C22H24BrN3O2S. The quantitative estimate of drug-likeness (QED) is 0.522. The standard InChI is InChI=1S/C22H24BrN3O2S/c1-15-8-10-26(11-9-15)19(21-3-2-12-29-21)14-24-22(27)18-13-20(28-25-18)16-4-6-17(23)7-5-16/h2-7,12-13,15,19H,8-11,14H2,1H3,(H,24,27). The van der Waals surface area contributed by atoms with Crippen LogP contribution in [0.5, 0.6) is 0 Å². The molecule has 2 aromatic heterocycles. The summed E-state index contributed by atoms with van der Waals surface area (Å²) in [6.07, 6.45) is 2.41. The van der Waals surface area contributed by atoms with Crippen LogP contribution in [0.15, 0.2) is 56.8 Å². The average Bonchev–Trinajstić information content (AvgIpc) is 3.42. The van der Waals surface area contributed by atoms with Crippen molar-refractivity contribution in [1.82, 2.24) is 15.4 Å². The molecule has 5 nitrogen and oxygen atoms in total. The molecule has 1 fully saturated rings. The van der Waals surface area contributed by atoms with Gasteiger partial charge in [0, 0.05) is 27.5 Å². The van der Waals surface area contributed by atoms with Gasteiger partial charge in [-0.15, -0.1) is 11.3 Å². The summed E-state index contributed by atoms with van der Waals surface area (Å²) in [5, 5.41) is 9.13. The third-order valence-electron chi connectivity index (χ3n) is 5.46. The lowest BCUT2D eigenvalue weighted by atomic mass is 9.97. The van der Waals surface area contributed by atoms with Crippen LogP contribution in [0.1, 0.15) is 41.2 Å². The molecule has 3 aromatic rings. The van der Waals surface area contributed by atoms with Gasteiger partial charge in [0.1, 0.15) is 0 Å². The zero-order valence-electron chi connectivity index (χ0n) is 16.3. The van der Waals surface area contributed by atoms with E-state index in [-0.39, 0.29) is 11.9 Å². The Morgan fingerprint density at radius 1 is 1.31 bits per heavy atom. The predicted molar refractivity (Wildman–Crippen MR) is 119 cm³/mol. The highest BCUT2D eigenvalue weighted by Crippen LogP contribution is 2.29. The minimum atomic E-state index is -0.205. The summed E-state index contributed by atoms with van der Waals surface area (Å²) in [4.78, 5) is 16.5. The number of likely N-dealkylation sites (tertiary alicyclic amines) is 1. The Morgan fingerprint density at radius 3 is 2.76 bits per heavy atom. The molecule has 0 saturated carbocycles. The minimum Gasteiger partial charge on any atom is -0.355 e. The van der Waals surface area contributed by atoms with E-state index in [9.17, 15) is 4.79 Å². The van der Waals surface area contributed by atoms with Gasteiger partial charge in [0.25, 0.3) is 5.91 Å². The SMILES string of the molecule is CC1CCN(C(CNC(=O)c2cc(-c3ccc(Br)cc3)on2)c2cccs2)CC1. The molecule has 0 aliphatic carbocycles. The lowest BCUT2D eigenvalue weighted by molar-refractivity contribution is 0.0906. The van der Waals surface area contributed by atoms with E-state index in [0.717, 1.165) is 29.0 Å². The lowest BCUT2D eigenvalue weighted by Gasteiger charge is -2.36. The van der Waals surface area contributed by atoms with Gasteiger partial charge in [0.05, 0.1) is 6.04 Å². The second kappa shape index (κ2) is 9.24. The maximum absolute atomic E-state index is 12.7. The highest BCUT2D eigenvalue weighted by atomic mass is 79.9. The first kappa shape index (κ1) is 20.3. The fourth-order valence-corrected chi connectivity index (χ4v) is 4.77. The van der Waals surface area contributed by atoms with E-state index < -0.39 is 0 Å². The van der Waals surface area contributed by atoms with Crippen LogP contribution in [0, 0.1) is 5.92 Å². The Balaban J connectivity index is 1.42. The number of carbonyl (C=O) groups excluding carboxylic acids is 1. The third kappa shape index (κ3) is 4.97. The highest BCUT2D eigenvalue weighted by molar-refractivity contribution is 9.10. The van der Waals surface area contributed by atoms with E-state index >= 15 is 0 Å². The molecule has 1 amide bonds.